The van der Waals surface area contributed by atoms with Crippen LogP contribution >= 0.6 is 0 Å². The van der Waals surface area contributed by atoms with Crippen LogP contribution in [-0.2, 0) is 33.9 Å². The van der Waals surface area contributed by atoms with Gasteiger partial charge in [-0.15, -0.1) is 0 Å². The van der Waals surface area contributed by atoms with Gasteiger partial charge >= 0.3 is 57.3 Å². The summed E-state index contributed by atoms with van der Waals surface area (Å²) < 4.78 is 46.7. The number of hydrogen-bond donors (Lipinski definition) is 0. The van der Waals surface area contributed by atoms with Gasteiger partial charge in [0.15, 0.2) is 8.32 Å². The van der Waals surface area contributed by atoms with Gasteiger partial charge in [-0.25, -0.2) is 4.79 Å². The summed E-state index contributed by atoms with van der Waals surface area (Å²) in [5.41, 5.74) is 0. The predicted octanol–water partition coefficient (Wildman–Crippen LogP) is 9.08. The molecule has 8 nitrogen and oxygen atoms in total. The molecule has 0 aliphatic carbocycles. The summed E-state index contributed by atoms with van der Waals surface area (Å²) in [6.45, 7) is 39.7. The van der Waals surface area contributed by atoms with Gasteiger partial charge in [-0.3, -0.25) is 0 Å². The maximum atomic E-state index is 12.5. The fraction of sp³-hybridized carbons (Fsp3) is 0.889. The maximum Gasteiger partial charge on any atom is 0.393 e. The molecule has 0 spiro atoms. The molecule has 0 atom stereocenters. The van der Waals surface area contributed by atoms with Crippen molar-refractivity contribution in [3.05, 3.63) is 12.7 Å². The molecule has 0 aromatic carbocycles. The maximum absolute atomic E-state index is 12.5. The summed E-state index contributed by atoms with van der Waals surface area (Å²) in [5, 5.41) is 0. The van der Waals surface area contributed by atoms with Crippen molar-refractivity contribution < 1.29 is 33.9 Å². The Morgan fingerprint density at radius 2 is 0.952 bits per heavy atom. The summed E-state index contributed by atoms with van der Waals surface area (Å²) >= 11 is 0. The minimum Gasteiger partial charge on any atom is -0.492 e. The van der Waals surface area contributed by atoms with Gasteiger partial charge in [0, 0.05) is 18.2 Å². The first-order valence-electron chi connectivity index (χ1n) is 15.7. The van der Waals surface area contributed by atoms with Gasteiger partial charge in [-0.05, 0) is 96.4 Å². The van der Waals surface area contributed by atoms with Crippen LogP contribution in [0.25, 0.3) is 0 Å². The van der Waals surface area contributed by atoms with E-state index in [9.17, 15) is 4.79 Å². The van der Waals surface area contributed by atoms with Crippen LogP contribution in [-0.4, -0.2) is 65.7 Å². The van der Waals surface area contributed by atoms with Crippen LogP contribution in [0.15, 0.2) is 12.7 Å². The highest BCUT2D eigenvalue weighted by Crippen LogP contribution is 2.34. The van der Waals surface area contributed by atoms with E-state index >= 15 is 0 Å². The van der Waals surface area contributed by atoms with Crippen LogP contribution in [0, 0.1) is 11.8 Å². The molecule has 42 heavy (non-hydrogen) atoms. The first-order chi connectivity index (χ1) is 18.6. The first kappa shape index (κ1) is 42.5. The highest BCUT2D eigenvalue weighted by Gasteiger charge is 2.51. The van der Waals surface area contributed by atoms with E-state index in [1.807, 2.05) is 26.2 Å². The summed E-state index contributed by atoms with van der Waals surface area (Å²) in [6.07, 6.45) is 3.59. The SMILES string of the molecule is C=CC(=O)O[Si](CC(C)C)(CC(C)C)O[Si](C)(C)O[Si](C)(C)O[Si](C)(C)O[Si](C)(C)O[Si](C)(C)O[Si](C)(C)CCCC. The van der Waals surface area contributed by atoms with E-state index in [-0.39, 0.29) is 0 Å². The molecule has 0 rings (SSSR count). The molecule has 0 heterocycles. The van der Waals surface area contributed by atoms with E-state index < -0.39 is 65.7 Å². The smallest absolute Gasteiger partial charge is 0.393 e. The van der Waals surface area contributed by atoms with Gasteiger partial charge in [-0.1, -0.05) is 54.0 Å². The van der Waals surface area contributed by atoms with Crippen LogP contribution in [0.1, 0.15) is 47.5 Å². The molecular formula is C27H66O8Si7. The zero-order valence-corrected chi connectivity index (χ0v) is 37.2. The van der Waals surface area contributed by atoms with Crippen molar-refractivity contribution in [2.45, 2.75) is 144 Å². The lowest BCUT2D eigenvalue weighted by Gasteiger charge is -2.44. The van der Waals surface area contributed by atoms with Crippen LogP contribution in [0.5, 0.6) is 0 Å². The van der Waals surface area contributed by atoms with Crippen molar-refractivity contribution in [3.8, 4) is 0 Å². The molecule has 15 heteroatoms. The monoisotopic (exact) mass is 714 g/mol. The van der Waals surface area contributed by atoms with Crippen LogP contribution in [0.2, 0.25) is 96.7 Å². The Kier molecular flexibility index (Phi) is 16.5. The van der Waals surface area contributed by atoms with Gasteiger partial charge in [-0.2, -0.15) is 0 Å². The number of rotatable bonds is 21. The Morgan fingerprint density at radius 1 is 0.619 bits per heavy atom. The van der Waals surface area contributed by atoms with Crippen molar-refractivity contribution in [1.29, 1.82) is 0 Å². The Morgan fingerprint density at radius 3 is 1.26 bits per heavy atom. The molecule has 0 amide bonds. The minimum atomic E-state index is -2.95. The Balaban J connectivity index is 5.76. The van der Waals surface area contributed by atoms with Crippen molar-refractivity contribution in [2.24, 2.45) is 11.8 Å². The Bertz CT molecular complexity index is 851. The van der Waals surface area contributed by atoms with E-state index in [0.717, 1.165) is 6.04 Å². The molecule has 0 aliphatic heterocycles. The molecule has 0 aromatic heterocycles. The standard InChI is InChI=1S/C27H66O8Si7/c1-19-21-22-36(7,8)30-37(9,10)31-38(11,12)32-39(13,14)33-40(15,16)34-41(17,18)35-42(23-25(3)4,24-26(5)6)29-27(28)20-2/h20,25-26H,2,19,21-24H2,1,3-18H3. The number of hydrogen-bond acceptors (Lipinski definition) is 8. The third-order valence-electron chi connectivity index (χ3n) is 5.94. The second kappa shape index (κ2) is 16.4. The summed E-state index contributed by atoms with van der Waals surface area (Å²) in [6, 6.07) is 2.54. The average Bonchev–Trinajstić information content (AvgIpc) is 2.65. The zero-order chi connectivity index (χ0) is 33.4. The summed E-state index contributed by atoms with van der Waals surface area (Å²) in [7, 11) is -17.9. The zero-order valence-electron chi connectivity index (χ0n) is 30.2. The average molecular weight is 715 g/mol. The molecule has 0 fully saturated rings. The second-order valence-corrected chi connectivity index (χ2v) is 41.0. The summed E-state index contributed by atoms with van der Waals surface area (Å²) in [4.78, 5) is 12.5. The van der Waals surface area contributed by atoms with Crippen molar-refractivity contribution in [2.75, 3.05) is 0 Å². The Labute approximate surface area is 267 Å². The number of unbranched alkanes of at least 4 members (excludes halogenated alkanes) is 1. The van der Waals surface area contributed by atoms with Gasteiger partial charge in [0.1, 0.15) is 0 Å². The lowest BCUT2D eigenvalue weighted by atomic mass is 10.3. The molecule has 0 saturated heterocycles. The molecule has 0 radical (unpaired) electrons. The van der Waals surface area contributed by atoms with Gasteiger partial charge in [0.2, 0.25) is 0 Å². The first-order valence-corrected chi connectivity index (χ1v) is 35.1. The molecule has 0 aliphatic rings. The second-order valence-electron chi connectivity index (χ2n) is 15.2. The fourth-order valence-electron chi connectivity index (χ4n) is 5.98. The van der Waals surface area contributed by atoms with Crippen molar-refractivity contribution in [3.63, 3.8) is 0 Å². The lowest BCUT2D eigenvalue weighted by Crippen LogP contribution is -2.61. The molecule has 0 saturated carbocycles. The normalized spacial score (nSPS) is 14.5. The molecule has 0 aromatic rings. The largest absolute Gasteiger partial charge is 0.492 e. The third-order valence-corrected chi connectivity index (χ3v) is 34.3. The van der Waals surface area contributed by atoms with Gasteiger partial charge < -0.3 is 29.1 Å². The molecular weight excluding hydrogens is 649 g/mol. The van der Waals surface area contributed by atoms with Crippen LogP contribution in [0.3, 0.4) is 0 Å². The quantitative estimate of drug-likeness (QED) is 0.0861. The van der Waals surface area contributed by atoms with E-state index in [0.29, 0.717) is 23.9 Å². The minimum absolute atomic E-state index is 0.308. The highest BCUT2D eigenvalue weighted by molar-refractivity contribution is 6.91. The van der Waals surface area contributed by atoms with Crippen LogP contribution in [0.4, 0.5) is 0 Å². The van der Waals surface area contributed by atoms with E-state index in [1.54, 1.807) is 0 Å². The van der Waals surface area contributed by atoms with E-state index in [4.69, 9.17) is 29.1 Å². The topological polar surface area (TPSA) is 81.7 Å². The third kappa shape index (κ3) is 18.5. The molecule has 250 valence electrons. The van der Waals surface area contributed by atoms with Crippen LogP contribution < -0.4 is 0 Å². The highest BCUT2D eigenvalue weighted by atomic mass is 28.5. The molecule has 0 unspecified atom stereocenters. The Hall–Kier alpha value is 0.488. The van der Waals surface area contributed by atoms with Crippen molar-refractivity contribution in [1.82, 2.24) is 0 Å². The molecule has 0 N–H and O–H groups in total. The van der Waals surface area contributed by atoms with Gasteiger partial charge in [0.25, 0.3) is 0 Å². The summed E-state index contributed by atoms with van der Waals surface area (Å²) in [5.74, 6) is 0.187. The lowest BCUT2D eigenvalue weighted by molar-refractivity contribution is -0.130. The van der Waals surface area contributed by atoms with E-state index in [2.05, 4.69) is 93.6 Å². The van der Waals surface area contributed by atoms with Crippen molar-refractivity contribution >= 4 is 65.7 Å². The fourth-order valence-corrected chi connectivity index (χ4v) is 42.3. The number of carbonyl (C=O) groups is 1. The van der Waals surface area contributed by atoms with Gasteiger partial charge in [0.05, 0.1) is 0 Å². The predicted molar refractivity (Wildman–Crippen MR) is 192 cm³/mol. The van der Waals surface area contributed by atoms with E-state index in [1.165, 1.54) is 18.9 Å². The molecule has 0 bridgehead atoms. The number of carbonyl (C=O) groups excluding carboxylic acids is 1.